The van der Waals surface area contributed by atoms with Crippen LogP contribution in [0.15, 0.2) is 48.5 Å². The Morgan fingerprint density at radius 3 is 2.81 bits per heavy atom. The van der Waals surface area contributed by atoms with Crippen LogP contribution in [0.4, 0.5) is 15.8 Å². The number of rotatable bonds is 6. The Hall–Kier alpha value is -2.89. The van der Waals surface area contributed by atoms with Gasteiger partial charge in [-0.05, 0) is 36.2 Å². The predicted octanol–water partition coefficient (Wildman–Crippen LogP) is 2.89. The first-order valence-corrected chi connectivity index (χ1v) is 8.68. The molecule has 6 heteroatoms. The van der Waals surface area contributed by atoms with E-state index in [4.69, 9.17) is 0 Å². The molecule has 0 aliphatic carbocycles. The predicted molar refractivity (Wildman–Crippen MR) is 99.7 cm³/mol. The van der Waals surface area contributed by atoms with Gasteiger partial charge in [0.15, 0.2) is 0 Å². The normalized spacial score (nSPS) is 15.8. The van der Waals surface area contributed by atoms with Crippen molar-refractivity contribution < 1.29 is 14.0 Å². The maximum Gasteiger partial charge on any atom is 0.228 e. The maximum atomic E-state index is 13.4. The van der Waals surface area contributed by atoms with Crippen LogP contribution < -0.4 is 15.5 Å². The van der Waals surface area contributed by atoms with E-state index in [-0.39, 0.29) is 18.2 Å². The molecule has 0 radical (unpaired) electrons. The summed E-state index contributed by atoms with van der Waals surface area (Å²) in [5.41, 5.74) is 2.16. The van der Waals surface area contributed by atoms with E-state index in [1.54, 1.807) is 6.07 Å². The van der Waals surface area contributed by atoms with Crippen LogP contribution in [-0.4, -0.2) is 32.0 Å². The molecule has 1 aliphatic rings. The average molecular weight is 355 g/mol. The number of hydrogen-bond donors (Lipinski definition) is 2. The molecule has 0 spiro atoms. The summed E-state index contributed by atoms with van der Waals surface area (Å²) in [4.78, 5) is 26.4. The van der Waals surface area contributed by atoms with Crippen LogP contribution in [0.2, 0.25) is 0 Å². The van der Waals surface area contributed by atoms with E-state index in [2.05, 4.69) is 15.5 Å². The first kappa shape index (κ1) is 17.9. The summed E-state index contributed by atoms with van der Waals surface area (Å²) in [7, 11) is 2.01. The standard InChI is InChI=1S/C20H22FN3O2/c1-24(15-6-3-2-4-7-15)11-5-10-22-20(26)17-13-19(25)23-18-12-14(21)8-9-16(17)18/h2-4,6-9,12,17H,5,10-11,13H2,1H3,(H,22,26)(H,23,25)/t17-/m1/s1. The van der Waals surface area contributed by atoms with E-state index in [0.29, 0.717) is 17.8 Å². The fourth-order valence-corrected chi connectivity index (χ4v) is 3.13. The number of fused-ring (bicyclic) bond motifs is 1. The Morgan fingerprint density at radius 1 is 1.27 bits per heavy atom. The lowest BCUT2D eigenvalue weighted by Gasteiger charge is -2.25. The van der Waals surface area contributed by atoms with Crippen molar-refractivity contribution in [3.63, 3.8) is 0 Å². The molecule has 0 unspecified atom stereocenters. The number of hydrogen-bond acceptors (Lipinski definition) is 3. The van der Waals surface area contributed by atoms with Crippen LogP contribution in [0.3, 0.4) is 0 Å². The molecule has 136 valence electrons. The second kappa shape index (κ2) is 7.99. The number of nitrogens with one attached hydrogen (secondary N) is 2. The van der Waals surface area contributed by atoms with Crippen LogP contribution in [0.1, 0.15) is 24.3 Å². The zero-order valence-corrected chi connectivity index (χ0v) is 14.7. The molecule has 1 aliphatic heterocycles. The van der Waals surface area contributed by atoms with Crippen LogP contribution in [0.5, 0.6) is 0 Å². The monoisotopic (exact) mass is 355 g/mol. The number of amides is 2. The quantitative estimate of drug-likeness (QED) is 0.784. The van der Waals surface area contributed by atoms with Gasteiger partial charge in [-0.3, -0.25) is 9.59 Å². The van der Waals surface area contributed by atoms with Crippen LogP contribution >= 0.6 is 0 Å². The topological polar surface area (TPSA) is 61.4 Å². The number of anilines is 2. The number of carbonyl (C=O) groups is 2. The van der Waals surface area contributed by atoms with Crippen LogP contribution in [0.25, 0.3) is 0 Å². The zero-order chi connectivity index (χ0) is 18.5. The Morgan fingerprint density at radius 2 is 2.04 bits per heavy atom. The van der Waals surface area contributed by atoms with Gasteiger partial charge in [0.25, 0.3) is 0 Å². The fourth-order valence-electron chi connectivity index (χ4n) is 3.13. The Labute approximate surface area is 152 Å². The third-order valence-corrected chi connectivity index (χ3v) is 4.54. The molecule has 0 saturated heterocycles. The first-order valence-electron chi connectivity index (χ1n) is 8.68. The lowest BCUT2D eigenvalue weighted by atomic mass is 9.89. The molecular formula is C20H22FN3O2. The molecule has 2 amide bonds. The Balaban J connectivity index is 1.53. The van der Waals surface area contributed by atoms with Crippen molar-refractivity contribution in [2.75, 3.05) is 30.4 Å². The minimum Gasteiger partial charge on any atom is -0.375 e. The summed E-state index contributed by atoms with van der Waals surface area (Å²) in [5, 5.41) is 5.52. The minimum absolute atomic E-state index is 0.0778. The van der Waals surface area contributed by atoms with Gasteiger partial charge in [-0.1, -0.05) is 24.3 Å². The van der Waals surface area contributed by atoms with Crippen molar-refractivity contribution in [1.82, 2.24) is 5.32 Å². The van der Waals surface area contributed by atoms with E-state index in [1.807, 2.05) is 37.4 Å². The second-order valence-corrected chi connectivity index (χ2v) is 6.44. The van der Waals surface area contributed by atoms with Gasteiger partial charge in [0.2, 0.25) is 11.8 Å². The SMILES string of the molecule is CN(CCCNC(=O)[C@@H]1CC(=O)Nc2cc(F)ccc21)c1ccccc1. The van der Waals surface area contributed by atoms with Gasteiger partial charge in [-0.15, -0.1) is 0 Å². The summed E-state index contributed by atoms with van der Waals surface area (Å²) < 4.78 is 13.4. The molecular weight excluding hydrogens is 333 g/mol. The average Bonchev–Trinajstić information content (AvgIpc) is 2.64. The summed E-state index contributed by atoms with van der Waals surface area (Å²) in [5.74, 6) is -1.48. The van der Waals surface area contributed by atoms with Gasteiger partial charge in [-0.25, -0.2) is 4.39 Å². The van der Waals surface area contributed by atoms with Gasteiger partial charge < -0.3 is 15.5 Å². The molecule has 0 aromatic heterocycles. The molecule has 0 fully saturated rings. The molecule has 1 atom stereocenters. The smallest absolute Gasteiger partial charge is 0.228 e. The summed E-state index contributed by atoms with van der Waals surface area (Å²) in [6, 6.07) is 14.2. The molecule has 26 heavy (non-hydrogen) atoms. The highest BCUT2D eigenvalue weighted by molar-refractivity contribution is 6.01. The van der Waals surface area contributed by atoms with E-state index < -0.39 is 11.7 Å². The Kier molecular flexibility index (Phi) is 5.51. The van der Waals surface area contributed by atoms with E-state index >= 15 is 0 Å². The number of para-hydroxylation sites is 1. The van der Waals surface area contributed by atoms with Gasteiger partial charge in [0, 0.05) is 37.9 Å². The second-order valence-electron chi connectivity index (χ2n) is 6.44. The molecule has 5 nitrogen and oxygen atoms in total. The third kappa shape index (κ3) is 4.20. The van der Waals surface area contributed by atoms with Crippen molar-refractivity contribution in [1.29, 1.82) is 0 Å². The molecule has 2 N–H and O–H groups in total. The molecule has 2 aromatic rings. The summed E-state index contributed by atoms with van der Waals surface area (Å²) >= 11 is 0. The highest BCUT2D eigenvalue weighted by Crippen LogP contribution is 2.32. The Bertz CT molecular complexity index is 795. The molecule has 0 saturated carbocycles. The van der Waals surface area contributed by atoms with Crippen molar-refractivity contribution in [2.24, 2.45) is 0 Å². The fraction of sp³-hybridized carbons (Fsp3) is 0.300. The number of carbonyl (C=O) groups excluding carboxylic acids is 2. The van der Waals surface area contributed by atoms with E-state index in [0.717, 1.165) is 18.7 Å². The summed E-state index contributed by atoms with van der Waals surface area (Å²) in [6.07, 6.45) is 0.862. The van der Waals surface area contributed by atoms with Crippen molar-refractivity contribution in [2.45, 2.75) is 18.8 Å². The van der Waals surface area contributed by atoms with Crippen molar-refractivity contribution in [3.05, 3.63) is 59.9 Å². The lowest BCUT2D eigenvalue weighted by Crippen LogP contribution is -2.36. The highest BCUT2D eigenvalue weighted by atomic mass is 19.1. The number of halogens is 1. The minimum atomic E-state index is -0.578. The van der Waals surface area contributed by atoms with E-state index in [9.17, 15) is 14.0 Å². The van der Waals surface area contributed by atoms with Crippen LogP contribution in [-0.2, 0) is 9.59 Å². The lowest BCUT2D eigenvalue weighted by molar-refractivity contribution is -0.126. The molecule has 1 heterocycles. The van der Waals surface area contributed by atoms with Crippen LogP contribution in [0, 0.1) is 5.82 Å². The maximum absolute atomic E-state index is 13.4. The van der Waals surface area contributed by atoms with E-state index in [1.165, 1.54) is 12.1 Å². The number of benzene rings is 2. The van der Waals surface area contributed by atoms with Gasteiger partial charge in [0.05, 0.1) is 5.92 Å². The van der Waals surface area contributed by atoms with Crippen molar-refractivity contribution >= 4 is 23.2 Å². The third-order valence-electron chi connectivity index (χ3n) is 4.54. The molecule has 2 aromatic carbocycles. The van der Waals surface area contributed by atoms with Gasteiger partial charge >= 0.3 is 0 Å². The largest absolute Gasteiger partial charge is 0.375 e. The first-order chi connectivity index (χ1) is 12.5. The summed E-state index contributed by atoms with van der Waals surface area (Å²) in [6.45, 7) is 1.32. The van der Waals surface area contributed by atoms with Gasteiger partial charge in [-0.2, -0.15) is 0 Å². The highest BCUT2D eigenvalue weighted by Gasteiger charge is 2.30. The molecule has 3 rings (SSSR count). The van der Waals surface area contributed by atoms with Gasteiger partial charge in [0.1, 0.15) is 5.82 Å². The number of nitrogens with zero attached hydrogens (tertiary/aromatic N) is 1. The molecule has 0 bridgehead atoms. The van der Waals surface area contributed by atoms with Crippen molar-refractivity contribution in [3.8, 4) is 0 Å². The zero-order valence-electron chi connectivity index (χ0n) is 14.7.